The molecular weight excluding hydrogens is 304 g/mol. The smallest absolute Gasteiger partial charge is 0.305 e. The first-order valence-corrected chi connectivity index (χ1v) is 8.14. The average Bonchev–Trinajstić information content (AvgIpc) is 2.61. The molecule has 0 aliphatic rings. The van der Waals surface area contributed by atoms with E-state index in [-0.39, 0.29) is 18.2 Å². The van der Waals surface area contributed by atoms with Crippen LogP contribution in [-0.4, -0.2) is 18.4 Å². The predicted molar refractivity (Wildman–Crippen MR) is 92.0 cm³/mol. The SMILES string of the molecule is CCOC(=O)CCCC(=O)c1ccc(OCc2ccccc2)cc1. The molecule has 2 aromatic rings. The van der Waals surface area contributed by atoms with Crippen molar-refractivity contribution in [1.29, 1.82) is 0 Å². The van der Waals surface area contributed by atoms with E-state index in [1.165, 1.54) is 0 Å². The maximum atomic E-state index is 12.1. The Morgan fingerprint density at radius 2 is 1.62 bits per heavy atom. The highest BCUT2D eigenvalue weighted by Gasteiger charge is 2.08. The highest BCUT2D eigenvalue weighted by Crippen LogP contribution is 2.16. The fourth-order valence-electron chi connectivity index (χ4n) is 2.25. The minimum Gasteiger partial charge on any atom is -0.489 e. The molecule has 2 rings (SSSR count). The lowest BCUT2D eigenvalue weighted by Crippen LogP contribution is -2.06. The molecule has 0 bridgehead atoms. The van der Waals surface area contributed by atoms with Crippen molar-refractivity contribution in [3.05, 3.63) is 65.7 Å². The molecule has 24 heavy (non-hydrogen) atoms. The van der Waals surface area contributed by atoms with Crippen LogP contribution < -0.4 is 4.74 Å². The highest BCUT2D eigenvalue weighted by atomic mass is 16.5. The maximum absolute atomic E-state index is 12.1. The summed E-state index contributed by atoms with van der Waals surface area (Å²) in [5.41, 5.74) is 1.72. The third-order valence-corrected chi connectivity index (χ3v) is 3.51. The fraction of sp³-hybridized carbons (Fsp3) is 0.300. The van der Waals surface area contributed by atoms with Gasteiger partial charge >= 0.3 is 5.97 Å². The number of ketones is 1. The van der Waals surface area contributed by atoms with Gasteiger partial charge in [-0.1, -0.05) is 30.3 Å². The summed E-state index contributed by atoms with van der Waals surface area (Å²) in [6.45, 7) is 2.63. The van der Waals surface area contributed by atoms with Gasteiger partial charge in [-0.3, -0.25) is 9.59 Å². The number of carbonyl (C=O) groups is 2. The fourth-order valence-corrected chi connectivity index (χ4v) is 2.25. The van der Waals surface area contributed by atoms with Gasteiger partial charge in [0.1, 0.15) is 12.4 Å². The van der Waals surface area contributed by atoms with Gasteiger partial charge in [0.25, 0.3) is 0 Å². The van der Waals surface area contributed by atoms with Gasteiger partial charge in [0.05, 0.1) is 6.61 Å². The van der Waals surface area contributed by atoms with Crippen molar-refractivity contribution in [2.75, 3.05) is 6.61 Å². The number of rotatable bonds is 9. The molecule has 0 aromatic heterocycles. The Morgan fingerprint density at radius 1 is 0.917 bits per heavy atom. The van der Waals surface area contributed by atoms with E-state index in [2.05, 4.69) is 0 Å². The quantitative estimate of drug-likeness (QED) is 0.512. The third kappa shape index (κ3) is 5.88. The van der Waals surface area contributed by atoms with E-state index in [1.54, 1.807) is 31.2 Å². The first-order valence-electron chi connectivity index (χ1n) is 8.14. The second kappa shape index (κ2) is 9.50. The van der Waals surface area contributed by atoms with E-state index >= 15 is 0 Å². The highest BCUT2D eigenvalue weighted by molar-refractivity contribution is 5.96. The van der Waals surface area contributed by atoms with Crippen molar-refractivity contribution >= 4 is 11.8 Å². The Hall–Kier alpha value is -2.62. The van der Waals surface area contributed by atoms with Crippen LogP contribution in [0.3, 0.4) is 0 Å². The Morgan fingerprint density at radius 3 is 2.29 bits per heavy atom. The van der Waals surface area contributed by atoms with Crippen LogP contribution in [0, 0.1) is 0 Å². The van der Waals surface area contributed by atoms with E-state index < -0.39 is 0 Å². The topological polar surface area (TPSA) is 52.6 Å². The van der Waals surface area contributed by atoms with Crippen molar-refractivity contribution in [1.82, 2.24) is 0 Å². The van der Waals surface area contributed by atoms with Crippen LogP contribution >= 0.6 is 0 Å². The Kier molecular flexibility index (Phi) is 7.02. The van der Waals surface area contributed by atoms with Gasteiger partial charge in [-0.2, -0.15) is 0 Å². The van der Waals surface area contributed by atoms with Gasteiger partial charge in [-0.15, -0.1) is 0 Å². The van der Waals surface area contributed by atoms with Crippen molar-refractivity contribution in [3.63, 3.8) is 0 Å². The molecule has 4 nitrogen and oxygen atoms in total. The van der Waals surface area contributed by atoms with E-state index in [4.69, 9.17) is 9.47 Å². The Balaban J connectivity index is 1.78. The van der Waals surface area contributed by atoms with Crippen LogP contribution in [0.25, 0.3) is 0 Å². The van der Waals surface area contributed by atoms with Gasteiger partial charge in [0.15, 0.2) is 5.78 Å². The summed E-state index contributed by atoms with van der Waals surface area (Å²) in [5, 5.41) is 0. The molecule has 0 amide bonds. The van der Waals surface area contributed by atoms with E-state index in [0.29, 0.717) is 31.6 Å². The summed E-state index contributed by atoms with van der Waals surface area (Å²) in [7, 11) is 0. The lowest BCUT2D eigenvalue weighted by molar-refractivity contribution is -0.143. The summed E-state index contributed by atoms with van der Waals surface area (Å²) >= 11 is 0. The first kappa shape index (κ1) is 17.7. The van der Waals surface area contributed by atoms with E-state index in [1.807, 2.05) is 30.3 Å². The zero-order valence-electron chi connectivity index (χ0n) is 13.9. The number of hydrogen-bond acceptors (Lipinski definition) is 4. The molecule has 126 valence electrons. The number of esters is 1. The van der Waals surface area contributed by atoms with Crippen LogP contribution in [0.4, 0.5) is 0 Å². The number of ether oxygens (including phenoxy) is 2. The molecule has 0 aliphatic heterocycles. The van der Waals surface area contributed by atoms with Crippen LogP contribution in [0.15, 0.2) is 54.6 Å². The zero-order chi connectivity index (χ0) is 17.2. The monoisotopic (exact) mass is 326 g/mol. The minimum absolute atomic E-state index is 0.0221. The number of Topliss-reactive ketones (excluding diaryl/α,β-unsaturated/α-hetero) is 1. The average molecular weight is 326 g/mol. The zero-order valence-corrected chi connectivity index (χ0v) is 13.9. The summed E-state index contributed by atoms with van der Waals surface area (Å²) in [6, 6.07) is 17.0. The van der Waals surface area contributed by atoms with Crippen LogP contribution in [0.1, 0.15) is 42.1 Å². The molecule has 0 heterocycles. The molecule has 0 saturated carbocycles. The molecule has 2 aromatic carbocycles. The normalized spacial score (nSPS) is 10.2. The summed E-state index contributed by atoms with van der Waals surface area (Å²) < 4.78 is 10.5. The number of carbonyl (C=O) groups excluding carboxylic acids is 2. The molecule has 0 atom stereocenters. The second-order valence-electron chi connectivity index (χ2n) is 5.38. The Bertz CT molecular complexity index is 647. The third-order valence-electron chi connectivity index (χ3n) is 3.51. The van der Waals surface area contributed by atoms with E-state index in [9.17, 15) is 9.59 Å². The molecule has 0 radical (unpaired) electrons. The molecule has 4 heteroatoms. The maximum Gasteiger partial charge on any atom is 0.305 e. The summed E-state index contributed by atoms with van der Waals surface area (Å²) in [4.78, 5) is 23.3. The molecule has 0 spiro atoms. The standard InChI is InChI=1S/C20H22O4/c1-2-23-20(22)10-6-9-19(21)17-11-13-18(14-12-17)24-15-16-7-4-3-5-8-16/h3-5,7-8,11-14H,2,6,9-10,15H2,1H3. The number of benzene rings is 2. The molecule has 0 aliphatic carbocycles. The summed E-state index contributed by atoms with van der Waals surface area (Å²) in [6.07, 6.45) is 1.12. The molecule has 0 unspecified atom stereocenters. The molecular formula is C20H22O4. The van der Waals surface area contributed by atoms with Crippen molar-refractivity contribution in [3.8, 4) is 5.75 Å². The second-order valence-corrected chi connectivity index (χ2v) is 5.38. The lowest BCUT2D eigenvalue weighted by atomic mass is 10.1. The molecule has 0 saturated heterocycles. The van der Waals surface area contributed by atoms with Crippen LogP contribution in [0.2, 0.25) is 0 Å². The largest absolute Gasteiger partial charge is 0.489 e. The first-order chi connectivity index (χ1) is 11.7. The van der Waals surface area contributed by atoms with Crippen molar-refractivity contribution in [2.24, 2.45) is 0 Å². The van der Waals surface area contributed by atoms with E-state index in [0.717, 1.165) is 11.3 Å². The van der Waals surface area contributed by atoms with Gasteiger partial charge in [0.2, 0.25) is 0 Å². The summed E-state index contributed by atoms with van der Waals surface area (Å²) in [5.74, 6) is 0.491. The van der Waals surface area contributed by atoms with Gasteiger partial charge in [0, 0.05) is 18.4 Å². The Labute approximate surface area is 142 Å². The number of hydrogen-bond donors (Lipinski definition) is 0. The molecule has 0 N–H and O–H groups in total. The lowest BCUT2D eigenvalue weighted by Gasteiger charge is -2.07. The van der Waals surface area contributed by atoms with Crippen molar-refractivity contribution in [2.45, 2.75) is 32.8 Å². The van der Waals surface area contributed by atoms with Gasteiger partial charge in [-0.25, -0.2) is 0 Å². The minimum atomic E-state index is -0.255. The predicted octanol–water partition coefficient (Wildman–Crippen LogP) is 4.18. The van der Waals surface area contributed by atoms with Crippen LogP contribution in [0.5, 0.6) is 5.75 Å². The van der Waals surface area contributed by atoms with Crippen LogP contribution in [-0.2, 0) is 16.1 Å². The van der Waals surface area contributed by atoms with Gasteiger partial charge in [-0.05, 0) is 43.2 Å². The van der Waals surface area contributed by atoms with Gasteiger partial charge < -0.3 is 9.47 Å². The molecule has 0 fully saturated rings. The van der Waals surface area contributed by atoms with Crippen molar-refractivity contribution < 1.29 is 19.1 Å².